The fraction of sp³-hybridized carbons (Fsp3) is 0.679. The van der Waals surface area contributed by atoms with Crippen molar-refractivity contribution in [2.45, 2.75) is 151 Å². The van der Waals surface area contributed by atoms with E-state index < -0.39 is 18.8 Å². The van der Waals surface area contributed by atoms with Gasteiger partial charge in [-0.1, -0.05) is 94.2 Å². The van der Waals surface area contributed by atoms with Gasteiger partial charge in [0.05, 0.1) is 25.7 Å². The minimum Gasteiger partial charge on any atom is -0.393 e. The molecule has 2 amide bonds. The summed E-state index contributed by atoms with van der Waals surface area (Å²) in [5.74, 6) is 0.00936. The summed E-state index contributed by atoms with van der Waals surface area (Å²) in [4.78, 5) is 41.7. The molecule has 2 aromatic carbocycles. The summed E-state index contributed by atoms with van der Waals surface area (Å²) < 4.78 is 26.3. The first-order valence-electron chi connectivity index (χ1n) is 24.6. The number of carbonyl (C=O) groups excluding carboxylic acids is 3. The number of allylic oxidation sites excluding steroid dienone is 2. The number of rotatable bonds is 16. The van der Waals surface area contributed by atoms with E-state index in [0.29, 0.717) is 19.0 Å². The highest BCUT2D eigenvalue weighted by atomic mass is 79.9. The van der Waals surface area contributed by atoms with Crippen molar-refractivity contribution in [2.75, 3.05) is 31.6 Å². The molecule has 5 aliphatic rings. The minimum atomic E-state index is -3.57. The summed E-state index contributed by atoms with van der Waals surface area (Å²) in [6.45, 7) is 21.4. The van der Waals surface area contributed by atoms with Gasteiger partial charge in [0.25, 0.3) is 0 Å². The van der Waals surface area contributed by atoms with Crippen molar-refractivity contribution >= 4 is 46.8 Å². The first kappa shape index (κ1) is 50.1. The number of hydrogen-bond acceptors (Lipinski definition) is 8. The molecule has 4 saturated carbocycles. The summed E-state index contributed by atoms with van der Waals surface area (Å²) in [5, 5.41) is 20.8. The van der Waals surface area contributed by atoms with Crippen molar-refractivity contribution in [2.24, 2.45) is 50.2 Å². The van der Waals surface area contributed by atoms with Gasteiger partial charge in [0.15, 0.2) is 11.6 Å². The first-order chi connectivity index (χ1) is 30.6. The third kappa shape index (κ3) is 9.25. The molecule has 2 aromatic rings. The number of anilines is 1. The Kier molecular flexibility index (Phi) is 14.6. The maximum Gasteiger partial charge on any atom is 0.357 e. The van der Waals surface area contributed by atoms with Crippen LogP contribution in [0, 0.1) is 50.2 Å². The molecule has 4 fully saturated rings. The predicted molar refractivity (Wildman–Crippen MR) is 262 cm³/mol. The van der Waals surface area contributed by atoms with Gasteiger partial charge in [-0.05, 0) is 165 Å². The van der Waals surface area contributed by atoms with Crippen LogP contribution in [0.25, 0.3) is 0 Å². The molecule has 358 valence electrons. The lowest BCUT2D eigenvalue weighted by atomic mass is 9.33. The average molecular weight is 979 g/mol. The van der Waals surface area contributed by atoms with E-state index in [0.717, 1.165) is 91.9 Å². The lowest BCUT2D eigenvalue weighted by Gasteiger charge is -2.70. The molecule has 5 aliphatic carbocycles. The van der Waals surface area contributed by atoms with Crippen LogP contribution in [0.3, 0.4) is 0 Å². The van der Waals surface area contributed by atoms with E-state index in [-0.39, 0.29) is 82.2 Å². The van der Waals surface area contributed by atoms with Crippen LogP contribution in [0.2, 0.25) is 0 Å². The standard InChI is InChI=1S/C53H77BrN3O7P/c1-10-63-65(62,64-11-2)46(36-16-18-37(54)19-17-36)57-38-20-14-35(15-21-38)32-44(60)55-30-12-13-31-56-47(61)50(6)27-26-49(5)28-29-52(8)39(40(49)34-50)33-41(58)45-51(7)24-23-43(59)48(3,4)42(51)22-25-53(45,52)9/h14-21,33,40,42-43,45-46,57,59H,10-13,22-32,34H2,1-9H3,(H,55,60)(H,56,61)/t40-,42-,43-,45+,46?,49+,50-,51-,52+,53+/m0/s1. The van der Waals surface area contributed by atoms with Crippen molar-refractivity contribution in [3.05, 3.63) is 75.8 Å². The molecule has 7 rings (SSSR count). The van der Waals surface area contributed by atoms with E-state index >= 15 is 0 Å². The van der Waals surface area contributed by atoms with Crippen LogP contribution in [0.4, 0.5) is 5.69 Å². The van der Waals surface area contributed by atoms with E-state index in [1.165, 1.54) is 5.57 Å². The molecule has 0 bridgehead atoms. The Bertz CT molecular complexity index is 2150. The van der Waals surface area contributed by atoms with Crippen molar-refractivity contribution in [1.82, 2.24) is 10.6 Å². The minimum absolute atomic E-state index is 0.0606. The highest BCUT2D eigenvalue weighted by Crippen LogP contribution is 2.75. The zero-order chi connectivity index (χ0) is 47.2. The van der Waals surface area contributed by atoms with Crippen molar-refractivity contribution in [3.8, 4) is 0 Å². The van der Waals surface area contributed by atoms with Gasteiger partial charge in [-0.25, -0.2) is 0 Å². The predicted octanol–water partition coefficient (Wildman–Crippen LogP) is 11.7. The van der Waals surface area contributed by atoms with Crippen LogP contribution < -0.4 is 16.0 Å². The molecule has 65 heavy (non-hydrogen) atoms. The quantitative estimate of drug-likeness (QED) is 0.0962. The molecular formula is C53H77BrN3O7P. The largest absolute Gasteiger partial charge is 0.393 e. The van der Waals surface area contributed by atoms with Crippen LogP contribution in [0.15, 0.2) is 64.7 Å². The van der Waals surface area contributed by atoms with Gasteiger partial charge in [-0.15, -0.1) is 0 Å². The Balaban J connectivity index is 0.907. The smallest absolute Gasteiger partial charge is 0.357 e. The van der Waals surface area contributed by atoms with Gasteiger partial charge in [-0.2, -0.15) is 0 Å². The number of carbonyl (C=O) groups is 3. The van der Waals surface area contributed by atoms with E-state index in [4.69, 9.17) is 9.05 Å². The normalized spacial score (nSPS) is 34.4. The maximum absolute atomic E-state index is 14.7. The fourth-order valence-electron chi connectivity index (χ4n) is 13.9. The lowest BCUT2D eigenvalue weighted by molar-refractivity contribution is -0.202. The number of fused-ring (bicyclic) bond motifs is 7. The molecule has 10 atom stereocenters. The number of nitrogens with one attached hydrogen (secondary N) is 3. The molecule has 0 aliphatic heterocycles. The van der Waals surface area contributed by atoms with E-state index in [1.54, 1.807) is 13.8 Å². The second-order valence-electron chi connectivity index (χ2n) is 22.3. The molecule has 4 N–H and O–H groups in total. The first-order valence-corrected chi connectivity index (χ1v) is 27.0. The molecule has 12 heteroatoms. The van der Waals surface area contributed by atoms with Crippen LogP contribution in [-0.4, -0.2) is 55.1 Å². The Morgan fingerprint density at radius 1 is 0.831 bits per heavy atom. The average Bonchev–Trinajstić information content (AvgIpc) is 3.25. The van der Waals surface area contributed by atoms with Gasteiger partial charge in [0.1, 0.15) is 0 Å². The third-order valence-corrected chi connectivity index (χ3v) is 20.9. The Labute approximate surface area is 397 Å². The molecule has 10 nitrogen and oxygen atoms in total. The Morgan fingerprint density at radius 3 is 2.11 bits per heavy atom. The number of benzene rings is 2. The van der Waals surface area contributed by atoms with Crippen LogP contribution in [0.1, 0.15) is 150 Å². The maximum atomic E-state index is 14.7. The SMILES string of the molecule is CCOP(=O)(OCC)C(Nc1ccc(CC(=O)NCCCCNC(=O)[C@@]2(C)CC[C@]3(C)CC[C@]4(C)C(=CC(=O)[C@@H]5[C@@]6(C)CC[C@H](O)C(C)(C)[C@@H]6CC[C@]54C)[C@@H]3C2)cc1)c1ccc(Br)cc1. The monoisotopic (exact) mass is 977 g/mol. The van der Waals surface area contributed by atoms with Gasteiger partial charge >= 0.3 is 7.60 Å². The molecular weight excluding hydrogens is 901 g/mol. The van der Waals surface area contributed by atoms with Gasteiger partial charge in [0.2, 0.25) is 11.8 Å². The number of aliphatic hydroxyl groups excluding tert-OH is 1. The van der Waals surface area contributed by atoms with Crippen LogP contribution in [0.5, 0.6) is 0 Å². The van der Waals surface area contributed by atoms with E-state index in [9.17, 15) is 24.1 Å². The number of unbranched alkanes of at least 4 members (excludes halogenated alkanes) is 1. The van der Waals surface area contributed by atoms with E-state index in [2.05, 4.69) is 86.4 Å². The number of hydrogen-bond donors (Lipinski definition) is 4. The molecule has 0 aromatic heterocycles. The van der Waals surface area contributed by atoms with Gasteiger partial charge < -0.3 is 30.1 Å². The van der Waals surface area contributed by atoms with Crippen LogP contribution in [-0.2, 0) is 34.4 Å². The lowest BCUT2D eigenvalue weighted by Crippen LogP contribution is -2.66. The molecule has 0 heterocycles. The topological polar surface area (TPSA) is 143 Å². The van der Waals surface area contributed by atoms with Gasteiger partial charge in [-0.3, -0.25) is 18.9 Å². The summed E-state index contributed by atoms with van der Waals surface area (Å²) >= 11 is 3.47. The molecule has 1 unspecified atom stereocenters. The molecule has 0 radical (unpaired) electrons. The fourth-order valence-corrected chi connectivity index (χ4v) is 16.1. The molecule has 0 spiro atoms. The summed E-state index contributed by atoms with van der Waals surface area (Å²) in [7, 11) is -3.57. The van der Waals surface area contributed by atoms with Crippen molar-refractivity contribution < 1.29 is 33.1 Å². The number of halogens is 1. The van der Waals surface area contributed by atoms with Crippen molar-refractivity contribution in [3.63, 3.8) is 0 Å². The molecule has 0 saturated heterocycles. The summed E-state index contributed by atoms with van der Waals surface area (Å²) in [5.41, 5.74) is 2.55. The number of ketones is 1. The Morgan fingerprint density at radius 2 is 1.46 bits per heavy atom. The number of aliphatic hydroxyl groups is 1. The zero-order valence-corrected chi connectivity index (χ0v) is 43.1. The van der Waals surface area contributed by atoms with Gasteiger partial charge in [0, 0.05) is 34.6 Å². The van der Waals surface area contributed by atoms with Crippen LogP contribution >= 0.6 is 23.5 Å². The van der Waals surface area contributed by atoms with Crippen molar-refractivity contribution in [1.29, 1.82) is 0 Å². The summed E-state index contributed by atoms with van der Waals surface area (Å²) in [6.07, 6.45) is 11.9. The third-order valence-electron chi connectivity index (χ3n) is 18.1. The summed E-state index contributed by atoms with van der Waals surface area (Å²) in [6, 6.07) is 15.1. The highest BCUT2D eigenvalue weighted by molar-refractivity contribution is 9.10. The second-order valence-corrected chi connectivity index (χ2v) is 25.3. The second kappa shape index (κ2) is 18.9. The number of amides is 2. The van der Waals surface area contributed by atoms with E-state index in [1.807, 2.05) is 48.5 Å². The highest BCUT2D eigenvalue weighted by Gasteiger charge is 2.70. The Hall–Kier alpha value is -2.82. The zero-order valence-electron chi connectivity index (χ0n) is 40.6.